The number of hydrogen-bond acceptors (Lipinski definition) is 4. The zero-order valence-corrected chi connectivity index (χ0v) is 12.8. The van der Waals surface area contributed by atoms with Gasteiger partial charge in [-0.1, -0.05) is 12.8 Å². The van der Waals surface area contributed by atoms with Crippen molar-refractivity contribution in [3.05, 3.63) is 17.6 Å². The van der Waals surface area contributed by atoms with Crippen LogP contribution in [0.4, 0.5) is 5.82 Å². The minimum atomic E-state index is 0.0506. The van der Waals surface area contributed by atoms with Gasteiger partial charge in [-0.25, -0.2) is 9.97 Å². The zero-order chi connectivity index (χ0) is 14.7. The lowest BCUT2D eigenvalue weighted by molar-refractivity contribution is 0.0718. The topological polar surface area (TPSA) is 58.1 Å². The molecule has 1 aliphatic heterocycles. The van der Waals surface area contributed by atoms with E-state index in [0.29, 0.717) is 17.6 Å². The number of piperidine rings is 1. The Morgan fingerprint density at radius 2 is 1.86 bits per heavy atom. The highest BCUT2D eigenvalue weighted by Gasteiger charge is 2.21. The summed E-state index contributed by atoms with van der Waals surface area (Å²) in [5, 5.41) is 3.46. The van der Waals surface area contributed by atoms with Crippen LogP contribution in [0.2, 0.25) is 0 Å². The lowest BCUT2D eigenvalue weighted by atomic mass is 10.1. The van der Waals surface area contributed by atoms with Crippen molar-refractivity contribution in [1.82, 2.24) is 14.9 Å². The molecular weight excluding hydrogens is 264 g/mol. The molecule has 1 aromatic rings. The number of nitrogens with zero attached hydrogens (tertiary/aromatic N) is 3. The molecule has 0 atom stereocenters. The molecular formula is C16H24N4O. The maximum atomic E-state index is 12.5. The lowest BCUT2D eigenvalue weighted by Gasteiger charge is -2.26. The number of carbonyl (C=O) groups is 1. The first kappa shape index (κ1) is 14.3. The molecule has 1 saturated heterocycles. The van der Waals surface area contributed by atoms with Crippen LogP contribution in [-0.4, -0.2) is 39.9 Å². The first-order valence-corrected chi connectivity index (χ1v) is 8.14. The van der Waals surface area contributed by atoms with Crippen molar-refractivity contribution in [3.8, 4) is 0 Å². The molecule has 0 radical (unpaired) electrons. The molecule has 1 saturated carbocycles. The smallest absolute Gasteiger partial charge is 0.272 e. The van der Waals surface area contributed by atoms with Crippen LogP contribution in [0.3, 0.4) is 0 Å². The molecule has 5 heteroatoms. The van der Waals surface area contributed by atoms with Gasteiger partial charge in [0.05, 0.1) is 0 Å². The fourth-order valence-corrected chi connectivity index (χ4v) is 3.29. The third kappa shape index (κ3) is 3.52. The number of likely N-dealkylation sites (tertiary alicyclic amines) is 1. The van der Waals surface area contributed by atoms with Crippen molar-refractivity contribution < 1.29 is 4.79 Å². The Bertz CT molecular complexity index is 505. The largest absolute Gasteiger partial charge is 0.367 e. The molecule has 0 unspecified atom stereocenters. The molecule has 1 amide bonds. The number of carbonyl (C=O) groups excluding carboxylic acids is 1. The first-order valence-electron chi connectivity index (χ1n) is 8.14. The fourth-order valence-electron chi connectivity index (χ4n) is 3.29. The van der Waals surface area contributed by atoms with Crippen molar-refractivity contribution in [3.63, 3.8) is 0 Å². The number of aromatic nitrogens is 2. The monoisotopic (exact) mass is 288 g/mol. The molecule has 2 heterocycles. The molecule has 1 aliphatic carbocycles. The van der Waals surface area contributed by atoms with Gasteiger partial charge in [-0.05, 0) is 39.0 Å². The van der Waals surface area contributed by atoms with Gasteiger partial charge in [-0.3, -0.25) is 4.79 Å². The normalized spacial score (nSPS) is 19.8. The van der Waals surface area contributed by atoms with E-state index < -0.39 is 0 Å². The van der Waals surface area contributed by atoms with Gasteiger partial charge in [0.1, 0.15) is 17.3 Å². The average Bonchev–Trinajstić information content (AvgIpc) is 2.99. The third-order valence-electron chi connectivity index (χ3n) is 4.41. The second-order valence-corrected chi connectivity index (χ2v) is 6.16. The summed E-state index contributed by atoms with van der Waals surface area (Å²) in [4.78, 5) is 23.2. The number of hydrogen-bond donors (Lipinski definition) is 1. The Morgan fingerprint density at radius 1 is 1.14 bits per heavy atom. The number of nitrogens with one attached hydrogen (secondary N) is 1. The number of rotatable bonds is 3. The van der Waals surface area contributed by atoms with Crippen molar-refractivity contribution in [2.24, 2.45) is 0 Å². The van der Waals surface area contributed by atoms with Gasteiger partial charge in [0.25, 0.3) is 5.91 Å². The summed E-state index contributed by atoms with van der Waals surface area (Å²) in [7, 11) is 0. The van der Waals surface area contributed by atoms with Gasteiger partial charge in [0.2, 0.25) is 0 Å². The van der Waals surface area contributed by atoms with Crippen LogP contribution >= 0.6 is 0 Å². The van der Waals surface area contributed by atoms with E-state index in [1.165, 1.54) is 32.1 Å². The van der Waals surface area contributed by atoms with Crippen molar-refractivity contribution in [2.75, 3.05) is 18.4 Å². The van der Waals surface area contributed by atoms with E-state index in [0.717, 1.165) is 31.7 Å². The SMILES string of the molecule is Cc1nc(NC2CCCC2)cc(C(=O)N2CCCCC2)n1. The molecule has 2 aliphatic rings. The maximum Gasteiger partial charge on any atom is 0.272 e. The van der Waals surface area contributed by atoms with Gasteiger partial charge in [0.15, 0.2) is 0 Å². The zero-order valence-electron chi connectivity index (χ0n) is 12.8. The molecule has 1 N–H and O–H groups in total. The van der Waals surface area contributed by atoms with E-state index in [1.807, 2.05) is 17.9 Å². The second-order valence-electron chi connectivity index (χ2n) is 6.16. The molecule has 3 rings (SSSR count). The molecule has 5 nitrogen and oxygen atoms in total. The summed E-state index contributed by atoms with van der Waals surface area (Å²) in [6, 6.07) is 2.32. The molecule has 0 bridgehead atoms. The Balaban J connectivity index is 1.74. The Labute approximate surface area is 126 Å². The predicted molar refractivity (Wildman–Crippen MR) is 82.4 cm³/mol. The highest BCUT2D eigenvalue weighted by Crippen LogP contribution is 2.22. The van der Waals surface area contributed by atoms with Crippen LogP contribution in [0.25, 0.3) is 0 Å². The van der Waals surface area contributed by atoms with Crippen LogP contribution in [0.5, 0.6) is 0 Å². The number of anilines is 1. The van der Waals surface area contributed by atoms with Crippen LogP contribution in [0.15, 0.2) is 6.07 Å². The van der Waals surface area contributed by atoms with Gasteiger partial charge in [0, 0.05) is 25.2 Å². The van der Waals surface area contributed by atoms with Gasteiger partial charge in [-0.15, -0.1) is 0 Å². The maximum absolute atomic E-state index is 12.5. The molecule has 2 fully saturated rings. The van der Waals surface area contributed by atoms with Crippen molar-refractivity contribution >= 4 is 11.7 Å². The summed E-state index contributed by atoms with van der Waals surface area (Å²) in [6.07, 6.45) is 8.37. The quantitative estimate of drug-likeness (QED) is 0.929. The van der Waals surface area contributed by atoms with Crippen molar-refractivity contribution in [1.29, 1.82) is 0 Å². The first-order chi connectivity index (χ1) is 10.2. The van der Waals surface area contributed by atoms with Crippen molar-refractivity contribution in [2.45, 2.75) is 57.9 Å². The standard InChI is InChI=1S/C16H24N4O/c1-12-17-14(16(21)20-9-5-2-6-10-20)11-15(18-12)19-13-7-3-4-8-13/h11,13H,2-10H2,1H3,(H,17,18,19). The Hall–Kier alpha value is -1.65. The fraction of sp³-hybridized carbons (Fsp3) is 0.688. The lowest BCUT2D eigenvalue weighted by Crippen LogP contribution is -2.36. The number of aryl methyl sites for hydroxylation is 1. The average molecular weight is 288 g/mol. The van der Waals surface area contributed by atoms with Gasteiger partial charge in [-0.2, -0.15) is 0 Å². The van der Waals surface area contributed by atoms with E-state index in [9.17, 15) is 4.79 Å². The summed E-state index contributed by atoms with van der Waals surface area (Å²) in [6.45, 7) is 3.56. The van der Waals surface area contributed by atoms with Crippen LogP contribution in [0.1, 0.15) is 61.3 Å². The van der Waals surface area contributed by atoms with E-state index in [1.54, 1.807) is 0 Å². The van der Waals surface area contributed by atoms with Crippen LogP contribution in [-0.2, 0) is 0 Å². The highest BCUT2D eigenvalue weighted by atomic mass is 16.2. The van der Waals surface area contributed by atoms with Gasteiger partial charge >= 0.3 is 0 Å². The van der Waals surface area contributed by atoms with E-state index in [-0.39, 0.29) is 5.91 Å². The second kappa shape index (κ2) is 6.41. The molecule has 0 aromatic carbocycles. The van der Waals surface area contributed by atoms with Crippen LogP contribution < -0.4 is 5.32 Å². The molecule has 1 aromatic heterocycles. The summed E-state index contributed by atoms with van der Waals surface area (Å²) in [5.41, 5.74) is 0.532. The number of amides is 1. The summed E-state index contributed by atoms with van der Waals surface area (Å²) in [5.74, 6) is 1.52. The Morgan fingerprint density at radius 3 is 2.57 bits per heavy atom. The van der Waals surface area contributed by atoms with Gasteiger partial charge < -0.3 is 10.2 Å². The van der Waals surface area contributed by atoms with E-state index in [4.69, 9.17) is 0 Å². The minimum absolute atomic E-state index is 0.0506. The molecule has 0 spiro atoms. The molecule has 21 heavy (non-hydrogen) atoms. The third-order valence-corrected chi connectivity index (χ3v) is 4.41. The van der Waals surface area contributed by atoms with E-state index in [2.05, 4.69) is 15.3 Å². The minimum Gasteiger partial charge on any atom is -0.367 e. The Kier molecular flexibility index (Phi) is 4.36. The highest BCUT2D eigenvalue weighted by molar-refractivity contribution is 5.93. The summed E-state index contributed by atoms with van der Waals surface area (Å²) < 4.78 is 0. The summed E-state index contributed by atoms with van der Waals surface area (Å²) >= 11 is 0. The molecule has 114 valence electrons. The van der Waals surface area contributed by atoms with E-state index >= 15 is 0 Å². The van der Waals surface area contributed by atoms with Crippen LogP contribution in [0, 0.1) is 6.92 Å². The predicted octanol–water partition coefficient (Wildman–Crippen LogP) is 2.77.